The first kappa shape index (κ1) is 21.6. The van der Waals surface area contributed by atoms with Crippen molar-refractivity contribution in [2.45, 2.75) is 58.9 Å². The molecular formula is C30H32N2O. The van der Waals surface area contributed by atoms with E-state index in [9.17, 15) is 4.79 Å². The number of hydrogen-bond donors (Lipinski definition) is 1. The Bertz CT molecular complexity index is 1350. The second-order valence-electron chi connectivity index (χ2n) is 9.52. The first-order chi connectivity index (χ1) is 16.1. The molecule has 3 nitrogen and oxygen atoms in total. The van der Waals surface area contributed by atoms with E-state index in [2.05, 4.69) is 35.8 Å². The highest BCUT2D eigenvalue weighted by Gasteiger charge is 2.18. The third-order valence-corrected chi connectivity index (χ3v) is 7.46. The maximum absolute atomic E-state index is 13.3. The van der Waals surface area contributed by atoms with Gasteiger partial charge < -0.3 is 9.98 Å². The first-order valence-corrected chi connectivity index (χ1v) is 12.3. The van der Waals surface area contributed by atoms with E-state index >= 15 is 0 Å². The summed E-state index contributed by atoms with van der Waals surface area (Å²) in [5, 5.41) is 10.9. The summed E-state index contributed by atoms with van der Waals surface area (Å²) >= 11 is 0. The van der Waals surface area contributed by atoms with E-state index in [1.165, 1.54) is 31.2 Å². The Morgan fingerprint density at radius 2 is 1.58 bits per heavy atom. The molecule has 0 aliphatic heterocycles. The summed E-state index contributed by atoms with van der Waals surface area (Å²) < 4.78 is 2.30. The number of carbonyl (C=O) groups is 1. The monoisotopic (exact) mass is 436 g/mol. The van der Waals surface area contributed by atoms with E-state index in [0.29, 0.717) is 5.56 Å². The normalized spacial score (nSPS) is 14.4. The second-order valence-corrected chi connectivity index (χ2v) is 9.52. The molecule has 3 aromatic carbocycles. The zero-order valence-corrected chi connectivity index (χ0v) is 19.7. The van der Waals surface area contributed by atoms with Crippen LogP contribution >= 0.6 is 0 Å². The van der Waals surface area contributed by atoms with Crippen LogP contribution in [-0.2, 0) is 6.54 Å². The molecule has 0 bridgehead atoms. The van der Waals surface area contributed by atoms with Crippen molar-refractivity contribution in [3.05, 3.63) is 82.9 Å². The summed E-state index contributed by atoms with van der Waals surface area (Å²) in [6.07, 6.45) is 7.33. The summed E-state index contributed by atoms with van der Waals surface area (Å²) in [4.78, 5) is 13.3. The quantitative estimate of drug-likeness (QED) is 0.234. The highest BCUT2D eigenvalue weighted by Crippen LogP contribution is 2.33. The van der Waals surface area contributed by atoms with Crippen molar-refractivity contribution < 1.29 is 4.79 Å². The Hall–Kier alpha value is -3.20. The van der Waals surface area contributed by atoms with Crippen molar-refractivity contribution in [3.63, 3.8) is 0 Å². The Labute approximate surface area is 195 Å². The lowest BCUT2D eigenvalue weighted by atomic mass is 9.95. The number of rotatable bonds is 7. The molecule has 0 saturated heterocycles. The maximum atomic E-state index is 13.3. The fourth-order valence-electron chi connectivity index (χ4n) is 5.55. The molecule has 1 heterocycles. The molecule has 1 aliphatic carbocycles. The number of benzene rings is 3. The van der Waals surface area contributed by atoms with Gasteiger partial charge >= 0.3 is 0 Å². The first-order valence-electron chi connectivity index (χ1n) is 12.3. The third kappa shape index (κ3) is 4.01. The number of fused-ring (bicyclic) bond motifs is 3. The van der Waals surface area contributed by atoms with Crippen molar-refractivity contribution >= 4 is 33.3 Å². The van der Waals surface area contributed by atoms with Gasteiger partial charge in [-0.05, 0) is 74.1 Å². The van der Waals surface area contributed by atoms with Crippen LogP contribution in [0.1, 0.15) is 72.5 Å². The minimum Gasteiger partial charge on any atom is -0.341 e. The van der Waals surface area contributed by atoms with Gasteiger partial charge in [0.05, 0.1) is 0 Å². The molecule has 3 heteroatoms. The molecule has 1 aromatic heterocycles. The van der Waals surface area contributed by atoms with Crippen LogP contribution in [0.15, 0.2) is 60.7 Å². The lowest BCUT2D eigenvalue weighted by Crippen LogP contribution is -2.03. The average Bonchev–Trinajstić information content (AvgIpc) is 3.47. The lowest BCUT2D eigenvalue weighted by molar-refractivity contribution is 0.103. The zero-order chi connectivity index (χ0) is 22.9. The van der Waals surface area contributed by atoms with Crippen LogP contribution in [0.3, 0.4) is 0 Å². The number of ketones is 1. The van der Waals surface area contributed by atoms with Crippen LogP contribution in [0, 0.1) is 18.3 Å². The Kier molecular flexibility index (Phi) is 5.88. The van der Waals surface area contributed by atoms with Gasteiger partial charge in [-0.3, -0.25) is 4.79 Å². The zero-order valence-electron chi connectivity index (χ0n) is 19.7. The van der Waals surface area contributed by atoms with Crippen molar-refractivity contribution in [2.75, 3.05) is 0 Å². The van der Waals surface area contributed by atoms with Gasteiger partial charge in [-0.25, -0.2) is 0 Å². The van der Waals surface area contributed by atoms with Gasteiger partial charge in [-0.15, -0.1) is 0 Å². The molecule has 0 spiro atoms. The summed E-state index contributed by atoms with van der Waals surface area (Å²) in [6.45, 7) is 5.00. The van der Waals surface area contributed by atoms with E-state index in [0.717, 1.165) is 64.0 Å². The van der Waals surface area contributed by atoms with Crippen LogP contribution in [-0.4, -0.2) is 16.1 Å². The Morgan fingerprint density at radius 1 is 0.939 bits per heavy atom. The minimum atomic E-state index is 0.0628. The lowest BCUT2D eigenvalue weighted by Gasteiger charge is -2.10. The molecule has 33 heavy (non-hydrogen) atoms. The molecule has 168 valence electrons. The maximum Gasteiger partial charge on any atom is 0.193 e. The van der Waals surface area contributed by atoms with Crippen LogP contribution in [0.4, 0.5) is 0 Å². The van der Waals surface area contributed by atoms with Crippen LogP contribution < -0.4 is 0 Å². The van der Waals surface area contributed by atoms with E-state index < -0.39 is 0 Å². The molecule has 0 amide bonds. The van der Waals surface area contributed by atoms with Gasteiger partial charge in [-0.1, -0.05) is 56.0 Å². The molecule has 1 N–H and O–H groups in total. The number of carbonyl (C=O) groups excluding carboxylic acids is 1. The van der Waals surface area contributed by atoms with Crippen molar-refractivity contribution in [1.29, 1.82) is 5.41 Å². The van der Waals surface area contributed by atoms with Crippen LogP contribution in [0.5, 0.6) is 0 Å². The number of aromatic nitrogens is 1. The summed E-state index contributed by atoms with van der Waals surface area (Å²) in [6, 6.07) is 20.3. The fraction of sp³-hybridized carbons (Fsp3) is 0.333. The van der Waals surface area contributed by atoms with Gasteiger partial charge in [0, 0.05) is 45.2 Å². The van der Waals surface area contributed by atoms with Crippen molar-refractivity contribution in [1.82, 2.24) is 4.57 Å². The van der Waals surface area contributed by atoms with Gasteiger partial charge in [0.25, 0.3) is 0 Å². The molecule has 1 fully saturated rings. The molecule has 0 atom stereocenters. The Balaban J connectivity index is 1.54. The Morgan fingerprint density at radius 3 is 2.24 bits per heavy atom. The third-order valence-electron chi connectivity index (χ3n) is 7.46. The summed E-state index contributed by atoms with van der Waals surface area (Å²) in [5.41, 5.74) is 6.51. The number of aryl methyl sites for hydroxylation is 2. The standard InChI is InChI=1S/C30H32N2O/c1-3-32-28-16-13-22(27(31)15-12-21-9-5-6-10-21)18-25(28)26-19-23(14-17-29(26)32)30(33)24-11-7-4-8-20(24)2/h4,7-8,11,13-14,16-19,21,31H,3,5-6,9-10,12,15H2,1-2H3. The highest BCUT2D eigenvalue weighted by atomic mass is 16.1. The van der Waals surface area contributed by atoms with Gasteiger partial charge in [-0.2, -0.15) is 0 Å². The number of nitrogens with one attached hydrogen (secondary N) is 1. The predicted octanol–water partition coefficient (Wildman–Crippen LogP) is 7.69. The largest absolute Gasteiger partial charge is 0.341 e. The SMILES string of the molecule is CCn1c2ccc(C(=N)CCC3CCCC3)cc2c2cc(C(=O)c3ccccc3C)ccc21. The van der Waals surface area contributed by atoms with E-state index in [4.69, 9.17) is 5.41 Å². The average molecular weight is 437 g/mol. The van der Waals surface area contributed by atoms with Gasteiger partial charge in [0.2, 0.25) is 0 Å². The summed E-state index contributed by atoms with van der Waals surface area (Å²) in [5.74, 6) is 0.860. The molecule has 0 radical (unpaired) electrons. The highest BCUT2D eigenvalue weighted by molar-refractivity contribution is 6.16. The smallest absolute Gasteiger partial charge is 0.193 e. The second kappa shape index (κ2) is 8.97. The van der Waals surface area contributed by atoms with E-state index in [-0.39, 0.29) is 5.78 Å². The van der Waals surface area contributed by atoms with Gasteiger partial charge in [0.15, 0.2) is 5.78 Å². The number of nitrogens with zero attached hydrogens (tertiary/aromatic N) is 1. The van der Waals surface area contributed by atoms with Crippen molar-refractivity contribution in [3.8, 4) is 0 Å². The molecular weight excluding hydrogens is 404 g/mol. The molecule has 1 saturated carbocycles. The van der Waals surface area contributed by atoms with Gasteiger partial charge in [0.1, 0.15) is 0 Å². The molecule has 5 rings (SSSR count). The van der Waals surface area contributed by atoms with E-state index in [1.54, 1.807) is 0 Å². The minimum absolute atomic E-state index is 0.0628. The predicted molar refractivity (Wildman–Crippen MR) is 138 cm³/mol. The molecule has 1 aliphatic rings. The fourth-order valence-corrected chi connectivity index (χ4v) is 5.55. The topological polar surface area (TPSA) is 45.9 Å². The van der Waals surface area contributed by atoms with Crippen molar-refractivity contribution in [2.24, 2.45) is 5.92 Å². The summed E-state index contributed by atoms with van der Waals surface area (Å²) in [7, 11) is 0. The van der Waals surface area contributed by atoms with Crippen LogP contribution in [0.25, 0.3) is 21.8 Å². The molecule has 4 aromatic rings. The number of hydrogen-bond acceptors (Lipinski definition) is 2. The van der Waals surface area contributed by atoms with E-state index in [1.807, 2.05) is 43.3 Å². The molecule has 0 unspecified atom stereocenters. The van der Waals surface area contributed by atoms with Crippen LogP contribution in [0.2, 0.25) is 0 Å².